The fourth-order valence-electron chi connectivity index (χ4n) is 2.88. The topological polar surface area (TPSA) is 95.8 Å². The molecule has 0 radical (unpaired) electrons. The van der Waals surface area contributed by atoms with Gasteiger partial charge in [0.15, 0.2) is 0 Å². The highest BCUT2D eigenvalue weighted by molar-refractivity contribution is 7.79. The largest absolute Gasteiger partial charge is 0.768 e. The smallest absolute Gasteiger partial charge is 0.207 e. The summed E-state index contributed by atoms with van der Waals surface area (Å²) in [5, 5.41) is 15.4. The van der Waals surface area contributed by atoms with Crippen molar-refractivity contribution in [1.82, 2.24) is 20.2 Å². The average Bonchev–Trinajstić information content (AvgIpc) is 3.15. The van der Waals surface area contributed by atoms with E-state index in [4.69, 9.17) is 0 Å². The number of tetrazole rings is 1. The van der Waals surface area contributed by atoms with Gasteiger partial charge in [0, 0.05) is 21.8 Å². The Labute approximate surface area is 164 Å². The number of nitrogens with one attached hydrogen (secondary N) is 1. The number of rotatable bonds is 5. The molecular weight excluding hydrogens is 374 g/mol. The molecule has 0 spiro atoms. The Hall–Kier alpha value is -3.36. The van der Waals surface area contributed by atoms with Crippen molar-refractivity contribution in [1.29, 1.82) is 0 Å². The van der Waals surface area contributed by atoms with E-state index in [1.807, 2.05) is 54.6 Å². The van der Waals surface area contributed by atoms with Gasteiger partial charge in [-0.05, 0) is 57.8 Å². The standard InChI is InChI=1S/C20H17N5O2S/c1-25-23-20(22-24-25)18-13-17(28(26)27)10-11-19(18)21-16-9-5-8-15(12-16)14-6-3-2-4-7-14/h2-13,21H,1H3,(H,26,27)/p-1. The van der Waals surface area contributed by atoms with Crippen LogP contribution in [-0.2, 0) is 18.1 Å². The van der Waals surface area contributed by atoms with Crippen LogP contribution in [0, 0.1) is 0 Å². The lowest BCUT2D eigenvalue weighted by molar-refractivity contribution is 0.537. The minimum atomic E-state index is -2.35. The van der Waals surface area contributed by atoms with Crippen molar-refractivity contribution in [3.05, 3.63) is 72.8 Å². The van der Waals surface area contributed by atoms with Crippen molar-refractivity contribution < 1.29 is 8.76 Å². The summed E-state index contributed by atoms with van der Waals surface area (Å²) in [4.78, 5) is 1.49. The molecule has 3 aromatic carbocycles. The molecule has 1 heterocycles. The van der Waals surface area contributed by atoms with Gasteiger partial charge in [0.2, 0.25) is 5.82 Å². The number of hydrogen-bond acceptors (Lipinski definition) is 6. The maximum absolute atomic E-state index is 11.4. The van der Waals surface area contributed by atoms with Gasteiger partial charge in [-0.2, -0.15) is 4.80 Å². The average molecular weight is 390 g/mol. The Balaban J connectivity index is 1.73. The highest BCUT2D eigenvalue weighted by atomic mass is 32.2. The molecular formula is C20H16N5O2S-. The molecule has 1 N–H and O–H groups in total. The number of aryl methyl sites for hydroxylation is 1. The van der Waals surface area contributed by atoms with E-state index in [9.17, 15) is 8.76 Å². The summed E-state index contributed by atoms with van der Waals surface area (Å²) in [5.74, 6) is 0.344. The van der Waals surface area contributed by atoms with Crippen molar-refractivity contribution in [3.8, 4) is 22.5 Å². The molecule has 4 rings (SSSR count). The molecule has 8 heteroatoms. The first-order chi connectivity index (χ1) is 13.6. The fraction of sp³-hybridized carbons (Fsp3) is 0.0500. The van der Waals surface area contributed by atoms with Crippen LogP contribution in [0.25, 0.3) is 22.5 Å². The monoisotopic (exact) mass is 390 g/mol. The molecule has 1 aromatic heterocycles. The molecule has 140 valence electrons. The minimum Gasteiger partial charge on any atom is -0.768 e. The molecule has 0 aliphatic carbocycles. The van der Waals surface area contributed by atoms with Crippen molar-refractivity contribution in [2.75, 3.05) is 5.32 Å². The van der Waals surface area contributed by atoms with Gasteiger partial charge in [0.25, 0.3) is 0 Å². The molecule has 0 aliphatic rings. The van der Waals surface area contributed by atoms with Gasteiger partial charge >= 0.3 is 0 Å². The Morgan fingerprint density at radius 1 is 0.964 bits per heavy atom. The molecule has 0 saturated heterocycles. The lowest BCUT2D eigenvalue weighted by Crippen LogP contribution is -1.98. The Morgan fingerprint density at radius 2 is 1.75 bits per heavy atom. The van der Waals surface area contributed by atoms with Crippen LogP contribution < -0.4 is 5.32 Å². The molecule has 28 heavy (non-hydrogen) atoms. The number of anilines is 2. The Morgan fingerprint density at radius 3 is 2.46 bits per heavy atom. The van der Waals surface area contributed by atoms with Gasteiger partial charge in [-0.25, -0.2) is 0 Å². The molecule has 1 atom stereocenters. The predicted molar refractivity (Wildman–Crippen MR) is 107 cm³/mol. The van der Waals surface area contributed by atoms with E-state index in [2.05, 4.69) is 20.7 Å². The summed E-state index contributed by atoms with van der Waals surface area (Å²) in [5.41, 5.74) is 4.29. The van der Waals surface area contributed by atoms with Crippen LogP contribution in [0.1, 0.15) is 0 Å². The predicted octanol–water partition coefficient (Wildman–Crippen LogP) is 3.53. The molecule has 0 saturated carbocycles. The van der Waals surface area contributed by atoms with Gasteiger partial charge in [0.05, 0.1) is 7.05 Å². The zero-order valence-electron chi connectivity index (χ0n) is 14.9. The number of nitrogens with zero attached hydrogens (tertiary/aromatic N) is 4. The van der Waals surface area contributed by atoms with Crippen LogP contribution in [0.4, 0.5) is 11.4 Å². The third-order valence-corrected chi connectivity index (χ3v) is 4.82. The van der Waals surface area contributed by atoms with Crippen LogP contribution in [0.3, 0.4) is 0 Å². The van der Waals surface area contributed by atoms with E-state index < -0.39 is 11.1 Å². The first kappa shape index (κ1) is 18.0. The van der Waals surface area contributed by atoms with Crippen LogP contribution in [0.5, 0.6) is 0 Å². The van der Waals surface area contributed by atoms with Crippen LogP contribution >= 0.6 is 0 Å². The van der Waals surface area contributed by atoms with Gasteiger partial charge in [-0.1, -0.05) is 42.5 Å². The summed E-state index contributed by atoms with van der Waals surface area (Å²) >= 11 is -2.35. The lowest BCUT2D eigenvalue weighted by atomic mass is 10.0. The molecule has 0 aliphatic heterocycles. The zero-order chi connectivity index (χ0) is 19.5. The minimum absolute atomic E-state index is 0.158. The zero-order valence-corrected chi connectivity index (χ0v) is 15.8. The van der Waals surface area contributed by atoms with E-state index in [1.54, 1.807) is 13.1 Å². The summed E-state index contributed by atoms with van der Waals surface area (Å²) in [6.07, 6.45) is 0. The Bertz CT molecular complexity index is 1140. The maximum Gasteiger partial charge on any atom is 0.207 e. The lowest BCUT2D eigenvalue weighted by Gasteiger charge is -2.14. The highest BCUT2D eigenvalue weighted by Crippen LogP contribution is 2.31. The van der Waals surface area contributed by atoms with Gasteiger partial charge in [-0.3, -0.25) is 4.21 Å². The maximum atomic E-state index is 11.4. The molecule has 4 aromatic rings. The first-order valence-electron chi connectivity index (χ1n) is 8.50. The van der Waals surface area contributed by atoms with Crippen molar-refractivity contribution in [3.63, 3.8) is 0 Å². The second kappa shape index (κ2) is 7.71. The van der Waals surface area contributed by atoms with Crippen molar-refractivity contribution in [2.24, 2.45) is 7.05 Å². The van der Waals surface area contributed by atoms with Crippen molar-refractivity contribution >= 4 is 22.5 Å². The van der Waals surface area contributed by atoms with E-state index in [0.29, 0.717) is 17.1 Å². The summed E-state index contributed by atoms with van der Waals surface area (Å²) in [7, 11) is 1.66. The van der Waals surface area contributed by atoms with Crippen LogP contribution in [0.15, 0.2) is 77.7 Å². The van der Waals surface area contributed by atoms with E-state index in [-0.39, 0.29) is 4.90 Å². The van der Waals surface area contributed by atoms with E-state index in [0.717, 1.165) is 16.8 Å². The SMILES string of the molecule is Cn1nnc(-c2cc(S(=O)[O-])ccc2Nc2cccc(-c3ccccc3)c2)n1. The number of aromatic nitrogens is 4. The molecule has 0 fully saturated rings. The van der Waals surface area contributed by atoms with Crippen LogP contribution in [-0.4, -0.2) is 29.0 Å². The van der Waals surface area contributed by atoms with Crippen molar-refractivity contribution in [2.45, 2.75) is 4.90 Å². The fourth-order valence-corrected chi connectivity index (χ4v) is 3.27. The quantitative estimate of drug-likeness (QED) is 0.524. The van der Waals surface area contributed by atoms with Crippen LogP contribution in [0.2, 0.25) is 0 Å². The van der Waals surface area contributed by atoms with Gasteiger partial charge in [0.1, 0.15) is 0 Å². The third-order valence-electron chi connectivity index (χ3n) is 4.18. The van der Waals surface area contributed by atoms with E-state index in [1.165, 1.54) is 16.9 Å². The second-order valence-electron chi connectivity index (χ2n) is 6.12. The second-order valence-corrected chi connectivity index (χ2v) is 7.06. The molecule has 0 bridgehead atoms. The molecule has 1 unspecified atom stereocenters. The summed E-state index contributed by atoms with van der Waals surface area (Å²) in [6, 6.07) is 22.8. The summed E-state index contributed by atoms with van der Waals surface area (Å²) in [6.45, 7) is 0. The molecule has 0 amide bonds. The third kappa shape index (κ3) is 3.83. The van der Waals surface area contributed by atoms with Gasteiger partial charge in [-0.15, -0.1) is 10.2 Å². The Kier molecular flexibility index (Phi) is 4.96. The van der Waals surface area contributed by atoms with E-state index >= 15 is 0 Å². The number of benzene rings is 3. The summed E-state index contributed by atoms with van der Waals surface area (Å²) < 4.78 is 22.8. The highest BCUT2D eigenvalue weighted by Gasteiger charge is 2.13. The normalized spacial score (nSPS) is 11.9. The molecule has 7 nitrogen and oxygen atoms in total. The van der Waals surface area contributed by atoms with Gasteiger partial charge < -0.3 is 9.87 Å². The first-order valence-corrected chi connectivity index (χ1v) is 9.58. The number of hydrogen-bond donors (Lipinski definition) is 1.